The molecule has 1 unspecified atom stereocenters. The van der Waals surface area contributed by atoms with Gasteiger partial charge in [0.05, 0.1) is 5.41 Å². The van der Waals surface area contributed by atoms with Gasteiger partial charge in [0.2, 0.25) is 5.91 Å². The summed E-state index contributed by atoms with van der Waals surface area (Å²) in [6.45, 7) is 6.82. The van der Waals surface area contributed by atoms with Gasteiger partial charge >= 0.3 is 12.1 Å². The Kier molecular flexibility index (Phi) is 6.88. The highest BCUT2D eigenvalue weighted by molar-refractivity contribution is 5.80. The molecule has 2 aromatic rings. The van der Waals surface area contributed by atoms with Crippen LogP contribution in [-0.2, 0) is 14.3 Å². The number of nitrogens with zero attached hydrogens (tertiary/aromatic N) is 1. The molecule has 1 atom stereocenters. The lowest BCUT2D eigenvalue weighted by Crippen LogP contribution is -2.49. The number of rotatable bonds is 7. The fraction of sp³-hybridized carbons (Fsp3) is 0.464. The molecule has 1 heterocycles. The van der Waals surface area contributed by atoms with Crippen molar-refractivity contribution in [2.45, 2.75) is 46.0 Å². The van der Waals surface area contributed by atoms with Crippen molar-refractivity contribution < 1.29 is 24.2 Å². The van der Waals surface area contributed by atoms with Gasteiger partial charge in [0.15, 0.2) is 0 Å². The molecule has 2 aliphatic rings. The van der Waals surface area contributed by atoms with E-state index in [-0.39, 0.29) is 37.9 Å². The van der Waals surface area contributed by atoms with Crippen molar-refractivity contribution in [3.8, 4) is 11.1 Å². The highest BCUT2D eigenvalue weighted by Crippen LogP contribution is 2.44. The van der Waals surface area contributed by atoms with E-state index in [2.05, 4.69) is 29.6 Å². The smallest absolute Gasteiger partial charge is 0.407 e. The van der Waals surface area contributed by atoms with Crippen LogP contribution in [0.15, 0.2) is 48.5 Å². The average molecular weight is 479 g/mol. The van der Waals surface area contributed by atoms with Crippen molar-refractivity contribution in [2.24, 2.45) is 10.8 Å². The number of likely N-dealkylation sites (tertiary alicyclic amines) is 1. The summed E-state index contributed by atoms with van der Waals surface area (Å²) in [6, 6.07) is 16.4. The molecule has 35 heavy (non-hydrogen) atoms. The minimum atomic E-state index is -0.905. The van der Waals surface area contributed by atoms with Crippen LogP contribution < -0.4 is 5.32 Å². The number of fused-ring (bicyclic) bond motifs is 3. The van der Waals surface area contributed by atoms with Crippen molar-refractivity contribution in [3.63, 3.8) is 0 Å². The first-order chi connectivity index (χ1) is 16.6. The predicted molar refractivity (Wildman–Crippen MR) is 133 cm³/mol. The van der Waals surface area contributed by atoms with Gasteiger partial charge in [0.1, 0.15) is 6.61 Å². The van der Waals surface area contributed by atoms with Crippen LogP contribution in [0.3, 0.4) is 0 Å². The summed E-state index contributed by atoms with van der Waals surface area (Å²) in [5.41, 5.74) is 3.25. The molecule has 0 saturated carbocycles. The number of carboxylic acids is 1. The molecule has 1 aliphatic heterocycles. The van der Waals surface area contributed by atoms with Gasteiger partial charge in [-0.1, -0.05) is 62.4 Å². The molecule has 1 aliphatic carbocycles. The second-order valence-corrected chi connectivity index (χ2v) is 10.8. The Balaban J connectivity index is 1.29. The molecule has 7 nitrogen and oxygen atoms in total. The Labute approximate surface area is 206 Å². The number of carbonyl (C=O) groups is 3. The number of nitrogens with one attached hydrogen (secondary N) is 1. The Hall–Kier alpha value is -3.35. The van der Waals surface area contributed by atoms with Gasteiger partial charge < -0.3 is 20.1 Å². The van der Waals surface area contributed by atoms with E-state index in [9.17, 15) is 19.5 Å². The monoisotopic (exact) mass is 478 g/mol. The molecule has 0 bridgehead atoms. The van der Waals surface area contributed by atoms with E-state index in [0.717, 1.165) is 11.1 Å². The first-order valence-corrected chi connectivity index (χ1v) is 12.2. The number of carboxylic acid groups (broad SMARTS) is 1. The number of ether oxygens (including phenoxy) is 1. The molecule has 0 aromatic heterocycles. The highest BCUT2D eigenvalue weighted by atomic mass is 16.5. The van der Waals surface area contributed by atoms with E-state index in [0.29, 0.717) is 19.4 Å². The number of benzene rings is 2. The van der Waals surface area contributed by atoms with Crippen molar-refractivity contribution in [3.05, 3.63) is 59.7 Å². The molecule has 2 N–H and O–H groups in total. The number of hydrogen-bond donors (Lipinski definition) is 2. The summed E-state index contributed by atoms with van der Waals surface area (Å²) in [5, 5.41) is 12.3. The van der Waals surface area contributed by atoms with Gasteiger partial charge in [-0.25, -0.2) is 4.79 Å². The standard InChI is InChI=1S/C28H34N2O5/c1-27(2,15-24(31)30-14-8-13-28(3,18-30)25(32)33)17-29-26(34)35-16-23-21-11-6-4-9-19(21)20-10-5-7-12-22(20)23/h4-7,9-12,23H,8,13-18H2,1-3H3,(H,29,34)(H,32,33). The Morgan fingerprint density at radius 1 is 1.09 bits per heavy atom. The maximum Gasteiger partial charge on any atom is 0.407 e. The van der Waals surface area contributed by atoms with E-state index in [1.165, 1.54) is 11.1 Å². The van der Waals surface area contributed by atoms with Gasteiger partial charge in [-0.3, -0.25) is 9.59 Å². The third-order valence-electron chi connectivity index (χ3n) is 7.25. The maximum absolute atomic E-state index is 12.9. The molecule has 2 amide bonds. The molecule has 0 radical (unpaired) electrons. The van der Waals surface area contributed by atoms with Gasteiger partial charge in [-0.2, -0.15) is 0 Å². The first kappa shape index (κ1) is 24.8. The van der Waals surface area contributed by atoms with Crippen LogP contribution >= 0.6 is 0 Å². The van der Waals surface area contributed by atoms with Crippen molar-refractivity contribution >= 4 is 18.0 Å². The number of amides is 2. The molecule has 1 saturated heterocycles. The van der Waals surface area contributed by atoms with Crippen LogP contribution in [-0.4, -0.2) is 54.2 Å². The second kappa shape index (κ2) is 9.72. The lowest BCUT2D eigenvalue weighted by atomic mass is 9.81. The molecule has 2 aromatic carbocycles. The molecule has 0 spiro atoms. The minimum Gasteiger partial charge on any atom is -0.481 e. The van der Waals surface area contributed by atoms with E-state index < -0.39 is 22.9 Å². The van der Waals surface area contributed by atoms with Crippen molar-refractivity contribution in [1.29, 1.82) is 0 Å². The molecule has 186 valence electrons. The second-order valence-electron chi connectivity index (χ2n) is 10.8. The van der Waals surface area contributed by atoms with Crippen LogP contribution in [0.2, 0.25) is 0 Å². The highest BCUT2D eigenvalue weighted by Gasteiger charge is 2.40. The van der Waals surface area contributed by atoms with Gasteiger partial charge in [-0.05, 0) is 47.4 Å². The summed E-state index contributed by atoms with van der Waals surface area (Å²) in [7, 11) is 0. The summed E-state index contributed by atoms with van der Waals surface area (Å²) >= 11 is 0. The fourth-order valence-corrected chi connectivity index (χ4v) is 5.17. The zero-order chi connectivity index (χ0) is 25.2. The van der Waals surface area contributed by atoms with Gasteiger partial charge in [0, 0.05) is 32.0 Å². The van der Waals surface area contributed by atoms with E-state index in [1.807, 2.05) is 38.1 Å². The molecule has 1 fully saturated rings. The van der Waals surface area contributed by atoms with E-state index in [4.69, 9.17) is 4.74 Å². The normalized spacial score (nSPS) is 19.6. The average Bonchev–Trinajstić information content (AvgIpc) is 3.15. The molecular weight excluding hydrogens is 444 g/mol. The summed E-state index contributed by atoms with van der Waals surface area (Å²) in [5.74, 6) is -0.965. The lowest BCUT2D eigenvalue weighted by molar-refractivity contribution is -0.153. The summed E-state index contributed by atoms with van der Waals surface area (Å²) in [4.78, 5) is 38.7. The van der Waals surface area contributed by atoms with Crippen LogP contribution in [0.5, 0.6) is 0 Å². The van der Waals surface area contributed by atoms with E-state index in [1.54, 1.807) is 11.8 Å². The molecule has 4 rings (SSSR count). The van der Waals surface area contributed by atoms with E-state index >= 15 is 0 Å². The largest absolute Gasteiger partial charge is 0.481 e. The zero-order valence-corrected chi connectivity index (χ0v) is 20.7. The van der Waals surface area contributed by atoms with Crippen LogP contribution in [0.25, 0.3) is 11.1 Å². The minimum absolute atomic E-state index is 0.00890. The van der Waals surface area contributed by atoms with Crippen molar-refractivity contribution in [1.82, 2.24) is 10.2 Å². The summed E-state index contributed by atoms with van der Waals surface area (Å²) < 4.78 is 5.60. The first-order valence-electron chi connectivity index (χ1n) is 12.2. The fourth-order valence-electron chi connectivity index (χ4n) is 5.17. The number of carbonyl (C=O) groups excluding carboxylic acids is 2. The van der Waals surface area contributed by atoms with Gasteiger partial charge in [-0.15, -0.1) is 0 Å². The zero-order valence-electron chi connectivity index (χ0n) is 20.7. The Morgan fingerprint density at radius 2 is 1.69 bits per heavy atom. The predicted octanol–water partition coefficient (Wildman–Crippen LogP) is 4.65. The summed E-state index contributed by atoms with van der Waals surface area (Å²) in [6.07, 6.45) is 0.946. The number of hydrogen-bond acceptors (Lipinski definition) is 4. The Morgan fingerprint density at radius 3 is 2.29 bits per heavy atom. The van der Waals surface area contributed by atoms with Crippen LogP contribution in [0, 0.1) is 10.8 Å². The maximum atomic E-state index is 12.9. The Bertz CT molecular complexity index is 1080. The quantitative estimate of drug-likeness (QED) is 0.604. The van der Waals surface area contributed by atoms with Crippen LogP contribution in [0.4, 0.5) is 4.79 Å². The van der Waals surface area contributed by atoms with Crippen molar-refractivity contribution in [2.75, 3.05) is 26.2 Å². The van der Waals surface area contributed by atoms with Crippen LogP contribution in [0.1, 0.15) is 57.1 Å². The third kappa shape index (κ3) is 5.34. The molecular formula is C28H34N2O5. The lowest BCUT2D eigenvalue weighted by Gasteiger charge is -2.39. The number of piperidine rings is 1. The molecule has 7 heteroatoms. The van der Waals surface area contributed by atoms with Gasteiger partial charge in [0.25, 0.3) is 0 Å². The number of alkyl carbamates (subject to hydrolysis) is 1. The topological polar surface area (TPSA) is 95.9 Å². The SMILES string of the molecule is CC(C)(CNC(=O)OCC1c2ccccc2-c2ccccc21)CC(=O)N1CCCC(C)(C(=O)O)C1. The number of aliphatic carboxylic acids is 1. The third-order valence-corrected chi connectivity index (χ3v) is 7.25.